The van der Waals surface area contributed by atoms with Crippen molar-refractivity contribution in [3.63, 3.8) is 0 Å². The van der Waals surface area contributed by atoms with Gasteiger partial charge in [-0.1, -0.05) is 6.07 Å². The maximum Gasteiger partial charge on any atom is 0.125 e. The topological polar surface area (TPSA) is 38.7 Å². The zero-order chi connectivity index (χ0) is 11.5. The van der Waals surface area contributed by atoms with Gasteiger partial charge in [0.2, 0.25) is 0 Å². The maximum absolute atomic E-state index is 9.73. The molecule has 0 spiro atoms. The fourth-order valence-electron chi connectivity index (χ4n) is 1.46. The molecule has 0 atom stereocenters. The highest BCUT2D eigenvalue weighted by Crippen LogP contribution is 2.27. The summed E-state index contributed by atoms with van der Waals surface area (Å²) in [5.74, 6) is 1.50. The third-order valence-corrected chi connectivity index (χ3v) is 2.12. The summed E-state index contributed by atoms with van der Waals surface area (Å²) in [7, 11) is 3.23. The van der Waals surface area contributed by atoms with Gasteiger partial charge in [0.1, 0.15) is 11.5 Å². The van der Waals surface area contributed by atoms with Gasteiger partial charge in [-0.3, -0.25) is 0 Å². The second-order valence-corrected chi connectivity index (χ2v) is 4.17. The minimum Gasteiger partial charge on any atom is -0.497 e. The molecule has 84 valence electrons. The molecule has 0 aliphatic carbocycles. The first-order valence-electron chi connectivity index (χ1n) is 4.89. The molecule has 1 aromatic rings. The van der Waals surface area contributed by atoms with Crippen molar-refractivity contribution in [2.24, 2.45) is 0 Å². The van der Waals surface area contributed by atoms with Gasteiger partial charge in [0.15, 0.2) is 0 Å². The lowest BCUT2D eigenvalue weighted by atomic mass is 9.98. The predicted octanol–water partition coefficient (Wildman–Crippen LogP) is 2.02. The number of rotatable bonds is 4. The molecule has 3 nitrogen and oxygen atoms in total. The summed E-state index contributed by atoms with van der Waals surface area (Å²) in [5, 5.41) is 9.73. The molecule has 0 aromatic heterocycles. The third kappa shape index (κ3) is 3.44. The highest BCUT2D eigenvalue weighted by atomic mass is 16.5. The monoisotopic (exact) mass is 210 g/mol. The second-order valence-electron chi connectivity index (χ2n) is 4.17. The number of aliphatic hydroxyl groups is 1. The summed E-state index contributed by atoms with van der Waals surface area (Å²) in [6.07, 6.45) is 0.556. The first kappa shape index (κ1) is 11.9. The minimum absolute atomic E-state index is 0.556. The van der Waals surface area contributed by atoms with E-state index in [1.54, 1.807) is 28.1 Å². The number of ether oxygens (including phenoxy) is 2. The lowest BCUT2D eigenvalue weighted by Crippen LogP contribution is -2.22. The summed E-state index contributed by atoms with van der Waals surface area (Å²) in [5.41, 5.74) is 0.243. The van der Waals surface area contributed by atoms with E-state index < -0.39 is 5.60 Å². The lowest BCUT2D eigenvalue weighted by molar-refractivity contribution is 0.0802. The molecule has 0 radical (unpaired) electrons. The molecule has 0 heterocycles. The van der Waals surface area contributed by atoms with E-state index in [0.29, 0.717) is 6.42 Å². The Kier molecular flexibility index (Phi) is 3.58. The van der Waals surface area contributed by atoms with Crippen LogP contribution in [0, 0.1) is 0 Å². The minimum atomic E-state index is -0.734. The fraction of sp³-hybridized carbons (Fsp3) is 0.500. The fourth-order valence-corrected chi connectivity index (χ4v) is 1.46. The summed E-state index contributed by atoms with van der Waals surface area (Å²) in [6.45, 7) is 3.55. The van der Waals surface area contributed by atoms with Gasteiger partial charge in [-0.2, -0.15) is 0 Å². The van der Waals surface area contributed by atoms with Gasteiger partial charge >= 0.3 is 0 Å². The molecule has 1 N–H and O–H groups in total. The maximum atomic E-state index is 9.73. The highest BCUT2D eigenvalue weighted by Gasteiger charge is 2.16. The van der Waals surface area contributed by atoms with Crippen molar-refractivity contribution in [2.45, 2.75) is 25.9 Å². The van der Waals surface area contributed by atoms with Crippen molar-refractivity contribution in [3.8, 4) is 11.5 Å². The Labute approximate surface area is 90.6 Å². The van der Waals surface area contributed by atoms with Crippen molar-refractivity contribution in [1.29, 1.82) is 0 Å². The zero-order valence-corrected chi connectivity index (χ0v) is 9.70. The number of hydrogen-bond acceptors (Lipinski definition) is 3. The molecule has 0 fully saturated rings. The highest BCUT2D eigenvalue weighted by molar-refractivity contribution is 5.41. The molecule has 0 unspecified atom stereocenters. The summed E-state index contributed by atoms with van der Waals surface area (Å²) in [6, 6.07) is 5.60. The molecule has 0 aliphatic rings. The number of hydrogen-bond donors (Lipinski definition) is 1. The van der Waals surface area contributed by atoms with Gasteiger partial charge in [0.25, 0.3) is 0 Å². The van der Waals surface area contributed by atoms with E-state index in [1.807, 2.05) is 18.2 Å². The van der Waals surface area contributed by atoms with E-state index in [4.69, 9.17) is 9.47 Å². The van der Waals surface area contributed by atoms with E-state index in [0.717, 1.165) is 17.1 Å². The largest absolute Gasteiger partial charge is 0.497 e. The quantitative estimate of drug-likeness (QED) is 0.826. The van der Waals surface area contributed by atoms with Crippen molar-refractivity contribution >= 4 is 0 Å². The number of benzene rings is 1. The lowest BCUT2D eigenvalue weighted by Gasteiger charge is -2.19. The van der Waals surface area contributed by atoms with Crippen LogP contribution < -0.4 is 9.47 Å². The Morgan fingerprint density at radius 2 is 1.87 bits per heavy atom. The molecule has 1 aromatic carbocycles. The van der Waals surface area contributed by atoms with Gasteiger partial charge in [-0.05, 0) is 25.5 Å². The standard InChI is InChI=1S/C12H18O3/c1-12(2,13)8-9-5-6-10(14-3)7-11(9)15-4/h5-7,13H,8H2,1-4H3. The van der Waals surface area contributed by atoms with Crippen LogP contribution in [0.4, 0.5) is 0 Å². The van der Waals surface area contributed by atoms with Gasteiger partial charge < -0.3 is 14.6 Å². The predicted molar refractivity (Wildman–Crippen MR) is 59.5 cm³/mol. The van der Waals surface area contributed by atoms with Crippen LogP contribution in [-0.4, -0.2) is 24.9 Å². The molecule has 0 aliphatic heterocycles. The molecule has 0 amide bonds. The van der Waals surface area contributed by atoms with Crippen molar-refractivity contribution < 1.29 is 14.6 Å². The van der Waals surface area contributed by atoms with Crippen LogP contribution in [0.15, 0.2) is 18.2 Å². The van der Waals surface area contributed by atoms with E-state index in [1.165, 1.54) is 0 Å². The van der Waals surface area contributed by atoms with E-state index in [9.17, 15) is 5.11 Å². The SMILES string of the molecule is COc1ccc(CC(C)(C)O)c(OC)c1. The van der Waals surface area contributed by atoms with Crippen LogP contribution in [0.2, 0.25) is 0 Å². The summed E-state index contributed by atoms with van der Waals surface area (Å²) in [4.78, 5) is 0. The van der Waals surface area contributed by atoms with Crippen molar-refractivity contribution in [2.75, 3.05) is 14.2 Å². The van der Waals surface area contributed by atoms with Gasteiger partial charge in [-0.15, -0.1) is 0 Å². The van der Waals surface area contributed by atoms with E-state index in [-0.39, 0.29) is 0 Å². The third-order valence-electron chi connectivity index (χ3n) is 2.12. The van der Waals surface area contributed by atoms with Crippen molar-refractivity contribution in [1.82, 2.24) is 0 Å². The van der Waals surface area contributed by atoms with Crippen molar-refractivity contribution in [3.05, 3.63) is 23.8 Å². The Balaban J connectivity index is 2.97. The Hall–Kier alpha value is -1.22. The summed E-state index contributed by atoms with van der Waals surface area (Å²) >= 11 is 0. The van der Waals surface area contributed by atoms with E-state index in [2.05, 4.69) is 0 Å². The first-order chi connectivity index (χ1) is 6.96. The van der Waals surface area contributed by atoms with Crippen LogP contribution in [0.3, 0.4) is 0 Å². The molecule has 0 bridgehead atoms. The van der Waals surface area contributed by atoms with Crippen LogP contribution >= 0.6 is 0 Å². The molecule has 15 heavy (non-hydrogen) atoms. The summed E-state index contributed by atoms with van der Waals surface area (Å²) < 4.78 is 10.3. The average molecular weight is 210 g/mol. The molecule has 3 heteroatoms. The van der Waals surface area contributed by atoms with E-state index >= 15 is 0 Å². The molecule has 0 saturated carbocycles. The zero-order valence-electron chi connectivity index (χ0n) is 9.70. The molecule has 1 rings (SSSR count). The van der Waals surface area contributed by atoms with Gasteiger partial charge in [-0.25, -0.2) is 0 Å². The first-order valence-corrected chi connectivity index (χ1v) is 4.89. The second kappa shape index (κ2) is 4.53. The van der Waals surface area contributed by atoms with Gasteiger partial charge in [0.05, 0.1) is 19.8 Å². The van der Waals surface area contributed by atoms with Crippen LogP contribution in [-0.2, 0) is 6.42 Å². The van der Waals surface area contributed by atoms with Gasteiger partial charge in [0, 0.05) is 12.5 Å². The van der Waals surface area contributed by atoms with Crippen LogP contribution in [0.5, 0.6) is 11.5 Å². The average Bonchev–Trinajstić information content (AvgIpc) is 2.16. The van der Waals surface area contributed by atoms with Crippen LogP contribution in [0.25, 0.3) is 0 Å². The van der Waals surface area contributed by atoms with Crippen LogP contribution in [0.1, 0.15) is 19.4 Å². The molecular formula is C12H18O3. The smallest absolute Gasteiger partial charge is 0.125 e. The number of methoxy groups -OCH3 is 2. The Bertz CT molecular complexity index is 326. The molecular weight excluding hydrogens is 192 g/mol. The Morgan fingerprint density at radius 1 is 1.20 bits per heavy atom. The Morgan fingerprint density at radius 3 is 2.33 bits per heavy atom. The molecule has 0 saturated heterocycles. The normalized spacial score (nSPS) is 11.3.